The van der Waals surface area contributed by atoms with E-state index in [-0.39, 0.29) is 5.91 Å². The van der Waals surface area contributed by atoms with E-state index in [0.717, 1.165) is 29.5 Å². The standard InChI is InChI=1S/C15H20N4OS/c1-10-3-4-12-11(7-10)8-13(21-12)15(20)16-6-5-14-17-9-18-19(14)2/h8-10H,3-7H2,1-2H3,(H,16,20)/t10-/m1/s1. The van der Waals surface area contributed by atoms with Gasteiger partial charge in [0.1, 0.15) is 12.2 Å². The molecule has 0 radical (unpaired) electrons. The van der Waals surface area contributed by atoms with Crippen LogP contribution in [0.15, 0.2) is 12.4 Å². The number of hydrogen-bond acceptors (Lipinski definition) is 4. The number of fused-ring (bicyclic) bond motifs is 1. The minimum absolute atomic E-state index is 0.0317. The van der Waals surface area contributed by atoms with Crippen molar-refractivity contribution < 1.29 is 4.79 Å². The minimum atomic E-state index is 0.0317. The molecule has 2 aromatic rings. The zero-order valence-corrected chi connectivity index (χ0v) is 13.2. The van der Waals surface area contributed by atoms with Crippen LogP contribution in [-0.2, 0) is 26.3 Å². The molecule has 0 saturated carbocycles. The Morgan fingerprint density at radius 1 is 1.57 bits per heavy atom. The summed E-state index contributed by atoms with van der Waals surface area (Å²) in [5, 5.41) is 6.99. The van der Waals surface area contributed by atoms with E-state index in [1.807, 2.05) is 7.05 Å². The predicted molar refractivity (Wildman–Crippen MR) is 82.5 cm³/mol. The van der Waals surface area contributed by atoms with Crippen LogP contribution in [-0.4, -0.2) is 27.2 Å². The summed E-state index contributed by atoms with van der Waals surface area (Å²) in [5.41, 5.74) is 1.37. The molecule has 2 heterocycles. The lowest BCUT2D eigenvalue weighted by Crippen LogP contribution is -2.25. The molecular formula is C15H20N4OS. The number of nitrogens with zero attached hydrogens (tertiary/aromatic N) is 3. The number of hydrogen-bond donors (Lipinski definition) is 1. The van der Waals surface area contributed by atoms with Crippen molar-refractivity contribution in [2.75, 3.05) is 6.54 Å². The normalized spacial score (nSPS) is 17.5. The number of rotatable bonds is 4. The van der Waals surface area contributed by atoms with Crippen molar-refractivity contribution in [1.82, 2.24) is 20.1 Å². The number of amides is 1. The van der Waals surface area contributed by atoms with Crippen molar-refractivity contribution >= 4 is 17.2 Å². The van der Waals surface area contributed by atoms with Crippen molar-refractivity contribution in [3.63, 3.8) is 0 Å². The average molecular weight is 304 g/mol. The third-order valence-electron chi connectivity index (χ3n) is 3.99. The number of aryl methyl sites for hydroxylation is 2. The van der Waals surface area contributed by atoms with Gasteiger partial charge in [0.05, 0.1) is 4.88 Å². The number of thiophene rings is 1. The van der Waals surface area contributed by atoms with Crippen LogP contribution in [0.4, 0.5) is 0 Å². The SMILES string of the molecule is C[C@@H]1CCc2sc(C(=O)NCCc3ncnn3C)cc2C1. The molecule has 0 aliphatic heterocycles. The Kier molecular flexibility index (Phi) is 4.05. The molecule has 112 valence electrons. The van der Waals surface area contributed by atoms with E-state index in [1.165, 1.54) is 23.2 Å². The molecule has 1 amide bonds. The first-order valence-corrected chi connectivity index (χ1v) is 8.18. The summed E-state index contributed by atoms with van der Waals surface area (Å²) in [6, 6.07) is 2.08. The molecular weight excluding hydrogens is 284 g/mol. The second-order valence-corrected chi connectivity index (χ2v) is 6.85. The minimum Gasteiger partial charge on any atom is -0.351 e. The van der Waals surface area contributed by atoms with Crippen LogP contribution >= 0.6 is 11.3 Å². The summed E-state index contributed by atoms with van der Waals surface area (Å²) < 4.78 is 1.73. The summed E-state index contributed by atoms with van der Waals surface area (Å²) in [7, 11) is 1.86. The van der Waals surface area contributed by atoms with Gasteiger partial charge in [-0.2, -0.15) is 5.10 Å². The maximum atomic E-state index is 12.2. The lowest BCUT2D eigenvalue weighted by atomic mass is 9.90. The summed E-state index contributed by atoms with van der Waals surface area (Å²) in [5.74, 6) is 1.65. The summed E-state index contributed by atoms with van der Waals surface area (Å²) in [6.45, 7) is 2.87. The van der Waals surface area contributed by atoms with Crippen LogP contribution in [0.1, 0.15) is 39.3 Å². The van der Waals surface area contributed by atoms with Gasteiger partial charge in [0.15, 0.2) is 0 Å². The fourth-order valence-electron chi connectivity index (χ4n) is 2.74. The molecule has 0 fully saturated rings. The molecule has 0 unspecified atom stereocenters. The number of aromatic nitrogens is 3. The molecule has 5 nitrogen and oxygen atoms in total. The first kappa shape index (κ1) is 14.3. The first-order valence-electron chi connectivity index (χ1n) is 7.36. The third kappa shape index (κ3) is 3.15. The Balaban J connectivity index is 1.57. The lowest BCUT2D eigenvalue weighted by Gasteiger charge is -2.16. The zero-order chi connectivity index (χ0) is 14.8. The maximum Gasteiger partial charge on any atom is 0.261 e. The van der Waals surface area contributed by atoms with Gasteiger partial charge in [-0.1, -0.05) is 6.92 Å². The molecule has 6 heteroatoms. The van der Waals surface area contributed by atoms with E-state index < -0.39 is 0 Å². The molecule has 0 bridgehead atoms. The molecule has 21 heavy (non-hydrogen) atoms. The largest absolute Gasteiger partial charge is 0.351 e. The van der Waals surface area contributed by atoms with Crippen LogP contribution in [0.5, 0.6) is 0 Å². The monoisotopic (exact) mass is 304 g/mol. The van der Waals surface area contributed by atoms with Gasteiger partial charge in [-0.05, 0) is 36.8 Å². The molecule has 1 aliphatic rings. The Morgan fingerprint density at radius 2 is 2.43 bits per heavy atom. The van der Waals surface area contributed by atoms with E-state index in [9.17, 15) is 4.79 Å². The van der Waals surface area contributed by atoms with Gasteiger partial charge in [-0.15, -0.1) is 11.3 Å². The van der Waals surface area contributed by atoms with Gasteiger partial charge in [-0.25, -0.2) is 4.98 Å². The Hall–Kier alpha value is -1.69. The van der Waals surface area contributed by atoms with Crippen LogP contribution in [0.3, 0.4) is 0 Å². The van der Waals surface area contributed by atoms with Crippen molar-refractivity contribution in [2.24, 2.45) is 13.0 Å². The van der Waals surface area contributed by atoms with Crippen LogP contribution < -0.4 is 5.32 Å². The molecule has 2 aromatic heterocycles. The Morgan fingerprint density at radius 3 is 3.19 bits per heavy atom. The highest BCUT2D eigenvalue weighted by atomic mass is 32.1. The molecule has 3 rings (SSSR count). The number of carbonyl (C=O) groups excluding carboxylic acids is 1. The molecule has 0 saturated heterocycles. The number of nitrogens with one attached hydrogen (secondary N) is 1. The fraction of sp³-hybridized carbons (Fsp3) is 0.533. The van der Waals surface area contributed by atoms with Gasteiger partial charge in [0, 0.05) is 24.9 Å². The topological polar surface area (TPSA) is 59.8 Å². The van der Waals surface area contributed by atoms with Gasteiger partial charge >= 0.3 is 0 Å². The van der Waals surface area contributed by atoms with E-state index in [1.54, 1.807) is 16.0 Å². The molecule has 1 atom stereocenters. The van der Waals surface area contributed by atoms with Gasteiger partial charge < -0.3 is 5.32 Å². The van der Waals surface area contributed by atoms with Crippen molar-refractivity contribution in [3.05, 3.63) is 33.5 Å². The van der Waals surface area contributed by atoms with Crippen molar-refractivity contribution in [2.45, 2.75) is 32.6 Å². The molecule has 0 spiro atoms. The maximum absolute atomic E-state index is 12.2. The van der Waals surface area contributed by atoms with E-state index >= 15 is 0 Å². The Bertz CT molecular complexity index is 646. The second-order valence-electron chi connectivity index (χ2n) is 5.71. The second kappa shape index (κ2) is 5.97. The zero-order valence-electron chi connectivity index (χ0n) is 12.4. The quantitative estimate of drug-likeness (QED) is 0.939. The van der Waals surface area contributed by atoms with Crippen molar-refractivity contribution in [3.8, 4) is 0 Å². The highest BCUT2D eigenvalue weighted by Gasteiger charge is 2.20. The Labute approximate surface area is 128 Å². The highest BCUT2D eigenvalue weighted by molar-refractivity contribution is 7.14. The van der Waals surface area contributed by atoms with Crippen LogP contribution in [0.25, 0.3) is 0 Å². The predicted octanol–water partition coefficient (Wildman–Crippen LogP) is 1.97. The first-order chi connectivity index (χ1) is 10.1. The summed E-state index contributed by atoms with van der Waals surface area (Å²) in [6.07, 6.45) is 5.70. The fourth-order valence-corrected chi connectivity index (χ4v) is 3.86. The average Bonchev–Trinajstić information content (AvgIpc) is 3.05. The van der Waals surface area contributed by atoms with E-state index in [4.69, 9.17) is 0 Å². The van der Waals surface area contributed by atoms with E-state index in [2.05, 4.69) is 28.4 Å². The van der Waals surface area contributed by atoms with Crippen LogP contribution in [0, 0.1) is 5.92 Å². The highest BCUT2D eigenvalue weighted by Crippen LogP contribution is 2.32. The van der Waals surface area contributed by atoms with Crippen molar-refractivity contribution in [1.29, 1.82) is 0 Å². The van der Waals surface area contributed by atoms with Gasteiger partial charge in [-0.3, -0.25) is 9.48 Å². The molecule has 0 aromatic carbocycles. The van der Waals surface area contributed by atoms with E-state index in [0.29, 0.717) is 13.0 Å². The molecule has 1 N–H and O–H groups in total. The van der Waals surface area contributed by atoms with Crippen LogP contribution in [0.2, 0.25) is 0 Å². The summed E-state index contributed by atoms with van der Waals surface area (Å²) >= 11 is 1.65. The van der Waals surface area contributed by atoms with Gasteiger partial charge in [0.25, 0.3) is 5.91 Å². The lowest BCUT2D eigenvalue weighted by molar-refractivity contribution is 0.0958. The summed E-state index contributed by atoms with van der Waals surface area (Å²) in [4.78, 5) is 18.6. The smallest absolute Gasteiger partial charge is 0.261 e. The molecule has 1 aliphatic carbocycles. The van der Waals surface area contributed by atoms with Gasteiger partial charge in [0.2, 0.25) is 0 Å². The third-order valence-corrected chi connectivity index (χ3v) is 5.23. The number of carbonyl (C=O) groups is 1.